The van der Waals surface area contributed by atoms with Gasteiger partial charge in [0.1, 0.15) is 23.0 Å². The highest BCUT2D eigenvalue weighted by molar-refractivity contribution is 6.51. The number of hydrogen-bond acceptors (Lipinski definition) is 8. The number of phenols is 1. The molecule has 39 heavy (non-hydrogen) atoms. The van der Waals surface area contributed by atoms with E-state index in [1.54, 1.807) is 12.1 Å². The predicted molar refractivity (Wildman–Crippen MR) is 144 cm³/mol. The van der Waals surface area contributed by atoms with E-state index in [1.807, 2.05) is 6.92 Å². The molecular weight excluding hydrogens is 526 g/mol. The predicted octanol–water partition coefficient (Wildman–Crippen LogP) is 5.26. The van der Waals surface area contributed by atoms with Gasteiger partial charge in [0.15, 0.2) is 0 Å². The van der Waals surface area contributed by atoms with Crippen LogP contribution in [-0.2, 0) is 14.3 Å². The van der Waals surface area contributed by atoms with Gasteiger partial charge in [0.05, 0.1) is 48.6 Å². The van der Waals surface area contributed by atoms with Crippen molar-refractivity contribution < 1.29 is 38.8 Å². The minimum Gasteiger partial charge on any atom is -0.508 e. The number of Topliss-reactive ketones (excluding diaryl/α,β-unsaturated/α-hetero) is 1. The van der Waals surface area contributed by atoms with Crippen molar-refractivity contribution in [3.05, 3.63) is 87.9 Å². The van der Waals surface area contributed by atoms with E-state index >= 15 is 0 Å². The Labute approximate surface area is 229 Å². The van der Waals surface area contributed by atoms with E-state index in [4.69, 9.17) is 25.8 Å². The molecule has 1 saturated heterocycles. The van der Waals surface area contributed by atoms with Crippen LogP contribution in [0.3, 0.4) is 0 Å². The van der Waals surface area contributed by atoms with Crippen LogP contribution in [0.2, 0.25) is 5.02 Å². The van der Waals surface area contributed by atoms with Gasteiger partial charge in [0, 0.05) is 11.8 Å². The van der Waals surface area contributed by atoms with Crippen molar-refractivity contribution in [2.45, 2.75) is 19.4 Å². The molecule has 1 fully saturated rings. The summed E-state index contributed by atoms with van der Waals surface area (Å²) >= 11 is 6.21. The minimum atomic E-state index is -1.07. The van der Waals surface area contributed by atoms with Crippen LogP contribution < -0.4 is 14.4 Å². The third-order valence-corrected chi connectivity index (χ3v) is 6.50. The number of halogens is 1. The molecule has 1 atom stereocenters. The van der Waals surface area contributed by atoms with Crippen LogP contribution >= 0.6 is 11.6 Å². The number of anilines is 1. The van der Waals surface area contributed by atoms with Gasteiger partial charge in [-0.05, 0) is 54.4 Å². The Morgan fingerprint density at radius 2 is 1.62 bits per heavy atom. The van der Waals surface area contributed by atoms with Gasteiger partial charge in [-0.25, -0.2) is 4.79 Å². The summed E-state index contributed by atoms with van der Waals surface area (Å²) in [6.07, 6.45) is 0.672. The number of ketones is 1. The van der Waals surface area contributed by atoms with Crippen LogP contribution in [0.5, 0.6) is 17.2 Å². The van der Waals surface area contributed by atoms with Crippen molar-refractivity contribution in [2.75, 3.05) is 25.7 Å². The fourth-order valence-corrected chi connectivity index (χ4v) is 4.53. The highest BCUT2D eigenvalue weighted by Gasteiger charge is 2.47. The molecule has 202 valence electrons. The molecule has 1 aliphatic rings. The maximum Gasteiger partial charge on any atom is 0.338 e. The number of ether oxygens (including phenoxy) is 3. The van der Waals surface area contributed by atoms with Crippen molar-refractivity contribution >= 4 is 40.7 Å². The number of aromatic hydroxyl groups is 1. The number of carbonyl (C=O) groups excluding carboxylic acids is 3. The lowest BCUT2D eigenvalue weighted by Crippen LogP contribution is -2.29. The maximum atomic E-state index is 13.4. The average molecular weight is 552 g/mol. The van der Waals surface area contributed by atoms with Gasteiger partial charge < -0.3 is 24.4 Å². The van der Waals surface area contributed by atoms with E-state index in [1.165, 1.54) is 67.7 Å². The standard InChI is InChI=1S/C29H26ClNO8/c1-4-13-39-29(36)17-5-9-18(10-6-17)31-25(16-7-11-19(32)12-8-16)24(27(34)28(31)35)26(33)20-14-23(38-3)21(30)15-22(20)37-2/h5-12,14-15,25,32-33H,4,13H2,1-3H3/b26-24+. The molecule has 3 aromatic rings. The van der Waals surface area contributed by atoms with Crippen LogP contribution in [0.4, 0.5) is 5.69 Å². The molecule has 1 aliphatic heterocycles. The van der Waals surface area contributed by atoms with Gasteiger partial charge in [-0.1, -0.05) is 30.7 Å². The number of nitrogens with zero attached hydrogens (tertiary/aromatic N) is 1. The highest BCUT2D eigenvalue weighted by atomic mass is 35.5. The van der Waals surface area contributed by atoms with E-state index in [9.17, 15) is 24.6 Å². The SMILES string of the molecule is CCCOC(=O)c1ccc(N2C(=O)C(=O)/C(=C(/O)c3cc(OC)c(Cl)cc3OC)C2c2ccc(O)cc2)cc1. The van der Waals surface area contributed by atoms with E-state index in [-0.39, 0.29) is 45.6 Å². The van der Waals surface area contributed by atoms with Crippen molar-refractivity contribution in [3.63, 3.8) is 0 Å². The lowest BCUT2D eigenvalue weighted by Gasteiger charge is -2.26. The number of methoxy groups -OCH3 is 2. The second-order valence-corrected chi connectivity index (χ2v) is 9.04. The molecule has 10 heteroatoms. The highest BCUT2D eigenvalue weighted by Crippen LogP contribution is 2.45. The molecule has 0 spiro atoms. The van der Waals surface area contributed by atoms with Crippen LogP contribution in [-0.4, -0.2) is 48.7 Å². The van der Waals surface area contributed by atoms with E-state index in [2.05, 4.69) is 0 Å². The summed E-state index contributed by atoms with van der Waals surface area (Å²) in [5, 5.41) is 21.5. The quantitative estimate of drug-likeness (QED) is 0.168. The molecule has 1 amide bonds. The fourth-order valence-electron chi connectivity index (χ4n) is 4.30. The first-order valence-electron chi connectivity index (χ1n) is 12.0. The molecule has 4 rings (SSSR count). The number of rotatable bonds is 8. The van der Waals surface area contributed by atoms with E-state index in [0.717, 1.165) is 0 Å². The molecule has 0 radical (unpaired) electrons. The van der Waals surface area contributed by atoms with Gasteiger partial charge >= 0.3 is 5.97 Å². The van der Waals surface area contributed by atoms with E-state index < -0.39 is 29.5 Å². The Bertz CT molecular complexity index is 1450. The topological polar surface area (TPSA) is 123 Å². The second kappa shape index (κ2) is 11.5. The van der Waals surface area contributed by atoms with Crippen LogP contribution in [0.1, 0.15) is 40.9 Å². The maximum absolute atomic E-state index is 13.4. The molecule has 0 saturated carbocycles. The summed E-state index contributed by atoms with van der Waals surface area (Å²) in [6.45, 7) is 2.15. The number of hydrogen-bond donors (Lipinski definition) is 2. The summed E-state index contributed by atoms with van der Waals surface area (Å²) in [7, 11) is 2.77. The van der Waals surface area contributed by atoms with E-state index in [0.29, 0.717) is 17.7 Å². The molecule has 0 bridgehead atoms. The third-order valence-electron chi connectivity index (χ3n) is 6.20. The second-order valence-electron chi connectivity index (χ2n) is 8.63. The molecule has 9 nitrogen and oxygen atoms in total. The van der Waals surface area contributed by atoms with Crippen molar-refractivity contribution in [1.29, 1.82) is 0 Å². The van der Waals surface area contributed by atoms with Crippen LogP contribution in [0.15, 0.2) is 66.2 Å². The summed E-state index contributed by atoms with van der Waals surface area (Å²) in [4.78, 5) is 40.3. The van der Waals surface area contributed by atoms with Crippen LogP contribution in [0.25, 0.3) is 5.76 Å². The van der Waals surface area contributed by atoms with Crippen molar-refractivity contribution in [1.82, 2.24) is 0 Å². The van der Waals surface area contributed by atoms with Gasteiger partial charge in [0.25, 0.3) is 11.7 Å². The number of carbonyl (C=O) groups is 3. The average Bonchev–Trinajstić information content (AvgIpc) is 3.21. The molecule has 0 aromatic heterocycles. The lowest BCUT2D eigenvalue weighted by molar-refractivity contribution is -0.132. The van der Waals surface area contributed by atoms with Gasteiger partial charge in [-0.3, -0.25) is 14.5 Å². The van der Waals surface area contributed by atoms with Crippen molar-refractivity contribution in [3.8, 4) is 17.2 Å². The first kappa shape index (κ1) is 27.5. The zero-order chi connectivity index (χ0) is 28.3. The molecule has 1 heterocycles. The first-order valence-corrected chi connectivity index (χ1v) is 12.4. The Morgan fingerprint density at radius 1 is 0.974 bits per heavy atom. The summed E-state index contributed by atoms with van der Waals surface area (Å²) in [6, 6.07) is 13.7. The first-order chi connectivity index (χ1) is 18.7. The zero-order valence-corrected chi connectivity index (χ0v) is 22.2. The van der Waals surface area contributed by atoms with Gasteiger partial charge in [0.2, 0.25) is 0 Å². The monoisotopic (exact) mass is 551 g/mol. The van der Waals surface area contributed by atoms with Crippen molar-refractivity contribution in [2.24, 2.45) is 0 Å². The Hall–Kier alpha value is -4.50. The summed E-state index contributed by atoms with van der Waals surface area (Å²) in [5.74, 6) is -2.48. The number of phenolic OH excluding ortho intramolecular Hbond substituents is 1. The van der Waals surface area contributed by atoms with Gasteiger partial charge in [-0.2, -0.15) is 0 Å². The zero-order valence-electron chi connectivity index (χ0n) is 21.4. The minimum absolute atomic E-state index is 0.0187. The smallest absolute Gasteiger partial charge is 0.338 e. The Morgan fingerprint density at radius 3 is 2.21 bits per heavy atom. The molecular formula is C29H26ClNO8. The molecule has 2 N–H and O–H groups in total. The molecule has 0 aliphatic carbocycles. The Balaban J connectivity index is 1.89. The number of amides is 1. The largest absolute Gasteiger partial charge is 0.508 e. The third kappa shape index (κ3) is 5.26. The molecule has 3 aromatic carbocycles. The number of aliphatic hydroxyl groups is 1. The normalized spacial score (nSPS) is 16.3. The number of esters is 1. The summed E-state index contributed by atoms with van der Waals surface area (Å²) in [5.41, 5.74) is 0.916. The summed E-state index contributed by atoms with van der Waals surface area (Å²) < 4.78 is 15.8. The number of benzene rings is 3. The number of aliphatic hydroxyl groups excluding tert-OH is 1. The molecule has 1 unspecified atom stereocenters. The Kier molecular flexibility index (Phi) is 8.11. The van der Waals surface area contributed by atoms with Gasteiger partial charge in [-0.15, -0.1) is 0 Å². The lowest BCUT2D eigenvalue weighted by atomic mass is 9.94. The van der Waals surface area contributed by atoms with Crippen LogP contribution in [0, 0.1) is 0 Å². The fraction of sp³-hybridized carbons (Fsp3) is 0.207.